The van der Waals surface area contributed by atoms with E-state index < -0.39 is 17.9 Å². The third-order valence-electron chi connectivity index (χ3n) is 3.19. The Bertz CT molecular complexity index is 544. The van der Waals surface area contributed by atoms with Gasteiger partial charge in [-0.05, 0) is 25.1 Å². The minimum Gasteiger partial charge on any atom is -0.449 e. The molecule has 1 fully saturated rings. The molecule has 114 valence electrons. The van der Waals surface area contributed by atoms with E-state index >= 15 is 0 Å². The van der Waals surface area contributed by atoms with Gasteiger partial charge < -0.3 is 20.1 Å². The van der Waals surface area contributed by atoms with Gasteiger partial charge in [0.25, 0.3) is 5.91 Å². The molecule has 2 rings (SSSR count). The molecule has 21 heavy (non-hydrogen) atoms. The molecule has 6 nitrogen and oxygen atoms in total. The number of nitrogens with two attached hydrogens (primary N) is 1. The highest BCUT2D eigenvalue weighted by Gasteiger charge is 2.26. The molecule has 1 aromatic rings. The lowest BCUT2D eigenvalue weighted by atomic mass is 10.2. The van der Waals surface area contributed by atoms with Crippen molar-refractivity contribution in [2.45, 2.75) is 13.0 Å². The van der Waals surface area contributed by atoms with E-state index in [1.807, 2.05) is 0 Å². The van der Waals surface area contributed by atoms with Crippen molar-refractivity contribution in [3.05, 3.63) is 29.6 Å². The van der Waals surface area contributed by atoms with Gasteiger partial charge in [-0.15, -0.1) is 0 Å². The summed E-state index contributed by atoms with van der Waals surface area (Å²) in [6.45, 7) is 3.38. The Kier molecular flexibility index (Phi) is 4.74. The molecule has 1 atom stereocenters. The molecular formula is C14H17FN2O4. The smallest absolute Gasteiger partial charge is 0.341 e. The molecule has 1 heterocycles. The molecule has 1 aliphatic heterocycles. The summed E-state index contributed by atoms with van der Waals surface area (Å²) in [5.41, 5.74) is 5.58. The molecule has 0 aliphatic carbocycles. The van der Waals surface area contributed by atoms with Crippen LogP contribution in [0.5, 0.6) is 0 Å². The number of nitrogen functional groups attached to an aromatic ring is 1. The zero-order valence-corrected chi connectivity index (χ0v) is 11.7. The predicted molar refractivity (Wildman–Crippen MR) is 73.1 cm³/mol. The van der Waals surface area contributed by atoms with Crippen molar-refractivity contribution in [3.8, 4) is 0 Å². The minimum atomic E-state index is -0.931. The summed E-state index contributed by atoms with van der Waals surface area (Å²) in [5.74, 6) is -1.57. The van der Waals surface area contributed by atoms with Crippen LogP contribution < -0.4 is 5.73 Å². The SMILES string of the molecule is CC(OC(=O)c1ccc(F)cc1N)C(=O)N1CCOCC1. The van der Waals surface area contributed by atoms with Crippen LogP contribution in [0.15, 0.2) is 18.2 Å². The van der Waals surface area contributed by atoms with E-state index in [1.165, 1.54) is 13.0 Å². The number of rotatable bonds is 3. The number of ether oxygens (including phenoxy) is 2. The Hall–Kier alpha value is -2.15. The van der Waals surface area contributed by atoms with E-state index in [0.29, 0.717) is 26.3 Å². The summed E-state index contributed by atoms with van der Waals surface area (Å²) < 4.78 is 23.2. The Morgan fingerprint density at radius 3 is 2.67 bits per heavy atom. The number of benzene rings is 1. The summed E-state index contributed by atoms with van der Waals surface area (Å²) in [6.07, 6.45) is -0.931. The molecule has 1 aromatic carbocycles. The van der Waals surface area contributed by atoms with Crippen molar-refractivity contribution in [2.24, 2.45) is 0 Å². The topological polar surface area (TPSA) is 81.9 Å². The van der Waals surface area contributed by atoms with Crippen LogP contribution in [-0.2, 0) is 14.3 Å². The molecule has 0 bridgehead atoms. The van der Waals surface area contributed by atoms with Crippen LogP contribution in [0.25, 0.3) is 0 Å². The third-order valence-corrected chi connectivity index (χ3v) is 3.19. The second kappa shape index (κ2) is 6.53. The van der Waals surface area contributed by atoms with Gasteiger partial charge in [0.2, 0.25) is 0 Å². The van der Waals surface area contributed by atoms with Gasteiger partial charge in [-0.1, -0.05) is 0 Å². The van der Waals surface area contributed by atoms with Gasteiger partial charge in [0.1, 0.15) is 5.82 Å². The number of nitrogens with zero attached hydrogens (tertiary/aromatic N) is 1. The maximum Gasteiger partial charge on any atom is 0.341 e. The molecule has 0 aromatic heterocycles. The first-order valence-electron chi connectivity index (χ1n) is 6.61. The zero-order chi connectivity index (χ0) is 15.4. The van der Waals surface area contributed by atoms with Gasteiger partial charge in [-0.25, -0.2) is 9.18 Å². The highest BCUT2D eigenvalue weighted by Crippen LogP contribution is 2.16. The molecule has 0 radical (unpaired) electrons. The van der Waals surface area contributed by atoms with Crippen LogP contribution in [0.1, 0.15) is 17.3 Å². The summed E-state index contributed by atoms with van der Waals surface area (Å²) in [4.78, 5) is 25.6. The van der Waals surface area contributed by atoms with E-state index in [1.54, 1.807) is 4.90 Å². The summed E-state index contributed by atoms with van der Waals surface area (Å²) in [7, 11) is 0. The summed E-state index contributed by atoms with van der Waals surface area (Å²) >= 11 is 0. The highest BCUT2D eigenvalue weighted by molar-refractivity contribution is 5.96. The van der Waals surface area contributed by atoms with Crippen LogP contribution in [0.2, 0.25) is 0 Å². The van der Waals surface area contributed by atoms with E-state index in [9.17, 15) is 14.0 Å². The fourth-order valence-corrected chi connectivity index (χ4v) is 2.03. The van der Waals surface area contributed by atoms with E-state index in [0.717, 1.165) is 12.1 Å². The van der Waals surface area contributed by atoms with Crippen molar-refractivity contribution in [1.29, 1.82) is 0 Å². The number of hydrogen-bond acceptors (Lipinski definition) is 5. The van der Waals surface area contributed by atoms with Crippen LogP contribution in [0, 0.1) is 5.82 Å². The Labute approximate surface area is 121 Å². The maximum atomic E-state index is 12.9. The number of amides is 1. The average molecular weight is 296 g/mol. The van der Waals surface area contributed by atoms with Crippen molar-refractivity contribution in [3.63, 3.8) is 0 Å². The van der Waals surface area contributed by atoms with E-state index in [-0.39, 0.29) is 17.2 Å². The van der Waals surface area contributed by atoms with Gasteiger partial charge in [0.05, 0.1) is 18.8 Å². The number of hydrogen-bond donors (Lipinski definition) is 1. The second-order valence-corrected chi connectivity index (χ2v) is 4.72. The van der Waals surface area contributed by atoms with Gasteiger partial charge in [-0.2, -0.15) is 0 Å². The minimum absolute atomic E-state index is 0.0222. The van der Waals surface area contributed by atoms with E-state index in [2.05, 4.69) is 0 Å². The molecular weight excluding hydrogens is 279 g/mol. The van der Waals surface area contributed by atoms with Crippen molar-refractivity contribution in [2.75, 3.05) is 32.0 Å². The van der Waals surface area contributed by atoms with Crippen molar-refractivity contribution < 1.29 is 23.5 Å². The number of halogens is 1. The lowest BCUT2D eigenvalue weighted by molar-refractivity contribution is -0.143. The average Bonchev–Trinajstić information content (AvgIpc) is 2.47. The van der Waals surface area contributed by atoms with Crippen molar-refractivity contribution >= 4 is 17.6 Å². The van der Waals surface area contributed by atoms with Crippen LogP contribution in [0.3, 0.4) is 0 Å². The fraction of sp³-hybridized carbons (Fsp3) is 0.429. The fourth-order valence-electron chi connectivity index (χ4n) is 2.03. The van der Waals surface area contributed by atoms with Gasteiger partial charge >= 0.3 is 5.97 Å². The Morgan fingerprint density at radius 2 is 2.05 bits per heavy atom. The molecule has 2 N–H and O–H groups in total. The second-order valence-electron chi connectivity index (χ2n) is 4.72. The highest BCUT2D eigenvalue weighted by atomic mass is 19.1. The Balaban J connectivity index is 1.99. The first kappa shape index (κ1) is 15.2. The monoisotopic (exact) mass is 296 g/mol. The number of carbonyl (C=O) groups is 2. The lowest BCUT2D eigenvalue weighted by Gasteiger charge is -2.29. The van der Waals surface area contributed by atoms with Crippen molar-refractivity contribution in [1.82, 2.24) is 4.90 Å². The number of morpholine rings is 1. The molecule has 1 saturated heterocycles. The largest absolute Gasteiger partial charge is 0.449 e. The van der Waals surface area contributed by atoms with E-state index in [4.69, 9.17) is 15.2 Å². The quantitative estimate of drug-likeness (QED) is 0.659. The lowest BCUT2D eigenvalue weighted by Crippen LogP contribution is -2.46. The number of anilines is 1. The first-order chi connectivity index (χ1) is 9.99. The number of carbonyl (C=O) groups excluding carboxylic acids is 2. The molecule has 1 unspecified atom stereocenters. The van der Waals surface area contributed by atoms with Gasteiger partial charge in [-0.3, -0.25) is 4.79 Å². The number of esters is 1. The molecule has 0 spiro atoms. The molecule has 7 heteroatoms. The predicted octanol–water partition coefficient (Wildman–Crippen LogP) is 0.812. The van der Waals surface area contributed by atoms with Gasteiger partial charge in [0.15, 0.2) is 6.10 Å². The molecule has 1 aliphatic rings. The van der Waals surface area contributed by atoms with Crippen LogP contribution in [0.4, 0.5) is 10.1 Å². The summed E-state index contributed by atoms with van der Waals surface area (Å²) in [6, 6.07) is 3.38. The normalized spacial score (nSPS) is 16.4. The summed E-state index contributed by atoms with van der Waals surface area (Å²) in [5, 5.41) is 0. The molecule has 1 amide bonds. The van der Waals surface area contributed by atoms with Crippen LogP contribution in [-0.4, -0.2) is 49.2 Å². The third kappa shape index (κ3) is 3.69. The first-order valence-corrected chi connectivity index (χ1v) is 6.61. The van der Waals surface area contributed by atoms with Gasteiger partial charge in [0, 0.05) is 18.8 Å². The molecule has 0 saturated carbocycles. The van der Waals surface area contributed by atoms with Crippen LogP contribution >= 0.6 is 0 Å². The Morgan fingerprint density at radius 1 is 1.38 bits per heavy atom. The standard InChI is InChI=1S/C14H17FN2O4/c1-9(13(18)17-4-6-20-7-5-17)21-14(19)11-3-2-10(15)8-12(11)16/h2-3,8-9H,4-7,16H2,1H3. The zero-order valence-electron chi connectivity index (χ0n) is 11.7. The maximum absolute atomic E-state index is 12.9.